The van der Waals surface area contributed by atoms with Gasteiger partial charge >= 0.3 is 7.32 Å². The lowest BCUT2D eigenvalue weighted by atomic mass is 9.78. The van der Waals surface area contributed by atoms with E-state index in [0.717, 1.165) is 26.3 Å². The maximum Gasteiger partial charge on any atom is 0.707 e. The van der Waals surface area contributed by atoms with E-state index in [1.54, 1.807) is 17.0 Å². The summed E-state index contributed by atoms with van der Waals surface area (Å²) < 4.78 is 9.84. The minimum atomic E-state index is -1.85. The number of hydrogen-bond acceptors (Lipinski definition) is 5. The van der Waals surface area contributed by atoms with Crippen molar-refractivity contribution in [3.63, 3.8) is 0 Å². The van der Waals surface area contributed by atoms with Crippen LogP contribution in [0.2, 0.25) is 0 Å². The van der Waals surface area contributed by atoms with Crippen molar-refractivity contribution >= 4 is 13.2 Å². The fraction of sp³-hybridized carbons (Fsp3) is 0.417. The predicted molar refractivity (Wildman–Crippen MR) is 66.4 cm³/mol. The number of benzene rings is 1. The molecule has 100 valence electrons. The highest BCUT2D eigenvalue weighted by molar-refractivity contribution is 6.33. The summed E-state index contributed by atoms with van der Waals surface area (Å²) in [5.74, 6) is 0.285. The summed E-state index contributed by atoms with van der Waals surface area (Å²) in [6.45, 7) is 2.99. The molecular formula is C12H14BNO5. The number of nitrogens with zero attached hydrogens (tertiary/aromatic N) is 1. The molecule has 0 unspecified atom stereocenters. The smallest absolute Gasteiger partial charge is 0.512 e. The number of carbonyl (C=O) groups excluding carboxylic acids is 1. The van der Waals surface area contributed by atoms with E-state index < -0.39 is 7.32 Å². The quantitative estimate of drug-likeness (QED) is 0.719. The van der Waals surface area contributed by atoms with Gasteiger partial charge in [0.25, 0.3) is 5.91 Å². The van der Waals surface area contributed by atoms with E-state index in [-0.39, 0.29) is 11.3 Å². The van der Waals surface area contributed by atoms with Crippen molar-refractivity contribution in [2.45, 2.75) is 0 Å². The Morgan fingerprint density at radius 2 is 1.89 bits per heavy atom. The molecule has 0 saturated carbocycles. The van der Waals surface area contributed by atoms with Crippen molar-refractivity contribution in [2.75, 3.05) is 26.3 Å². The summed E-state index contributed by atoms with van der Waals surface area (Å²) in [5, 5.41) is 17.3. The first kappa shape index (κ1) is 12.5. The molecule has 2 fully saturated rings. The van der Waals surface area contributed by atoms with E-state index in [1.807, 2.05) is 0 Å². The van der Waals surface area contributed by atoms with E-state index in [9.17, 15) is 4.79 Å². The highest BCUT2D eigenvalue weighted by Crippen LogP contribution is 2.38. The molecule has 1 aromatic carbocycles. The van der Waals surface area contributed by atoms with Gasteiger partial charge in [-0.2, -0.15) is 0 Å². The first-order valence-corrected chi connectivity index (χ1v) is 6.08. The number of amides is 1. The van der Waals surface area contributed by atoms with E-state index in [0.29, 0.717) is 11.3 Å². The average molecular weight is 263 g/mol. The lowest BCUT2D eigenvalue weighted by Gasteiger charge is -2.54. The van der Waals surface area contributed by atoms with Crippen LogP contribution in [0.3, 0.4) is 0 Å². The Morgan fingerprint density at radius 1 is 1.26 bits per heavy atom. The minimum absolute atomic E-state index is 0.0198. The molecule has 3 rings (SSSR count). The molecule has 0 atom stereocenters. The zero-order valence-corrected chi connectivity index (χ0v) is 10.3. The van der Waals surface area contributed by atoms with E-state index in [2.05, 4.69) is 4.65 Å². The molecule has 1 spiro atoms. The molecule has 7 heteroatoms. The fourth-order valence-electron chi connectivity index (χ4n) is 2.46. The lowest BCUT2D eigenvalue weighted by molar-refractivity contribution is -0.176. The van der Waals surface area contributed by atoms with Gasteiger partial charge in [-0.1, -0.05) is 0 Å². The molecule has 1 amide bonds. The van der Waals surface area contributed by atoms with Gasteiger partial charge in [0.15, 0.2) is 0 Å². The summed E-state index contributed by atoms with van der Waals surface area (Å²) in [5.41, 5.74) is 0.773. The molecule has 19 heavy (non-hydrogen) atoms. The molecule has 0 radical (unpaired) electrons. The Morgan fingerprint density at radius 3 is 2.37 bits per heavy atom. The summed E-state index contributed by atoms with van der Waals surface area (Å²) in [4.78, 5) is 13.9. The predicted octanol–water partition coefficient (Wildman–Crippen LogP) is -0.493. The van der Waals surface area contributed by atoms with Crippen molar-refractivity contribution in [1.29, 1.82) is 0 Å². The second-order valence-corrected chi connectivity index (χ2v) is 5.12. The van der Waals surface area contributed by atoms with Gasteiger partial charge in [-0.25, -0.2) is 0 Å². The highest BCUT2D eigenvalue weighted by Gasteiger charge is 2.50. The van der Waals surface area contributed by atoms with Crippen LogP contribution < -0.4 is 4.65 Å². The minimum Gasteiger partial charge on any atom is -0.512 e. The van der Waals surface area contributed by atoms with Gasteiger partial charge in [0.2, 0.25) is 0 Å². The van der Waals surface area contributed by atoms with E-state index in [4.69, 9.17) is 14.8 Å². The average Bonchev–Trinajstić information content (AvgIpc) is 2.25. The summed E-state index contributed by atoms with van der Waals surface area (Å²) >= 11 is 0. The summed E-state index contributed by atoms with van der Waals surface area (Å²) in [6.07, 6.45) is 0. The Hall–Kier alpha value is -1.57. The maximum atomic E-state index is 12.1. The molecule has 2 heterocycles. The Kier molecular flexibility index (Phi) is 2.97. The van der Waals surface area contributed by atoms with Crippen LogP contribution in [0.4, 0.5) is 0 Å². The molecule has 6 nitrogen and oxygen atoms in total. The van der Waals surface area contributed by atoms with Crippen molar-refractivity contribution in [2.24, 2.45) is 5.41 Å². The van der Waals surface area contributed by atoms with Gasteiger partial charge in [0, 0.05) is 18.7 Å². The van der Waals surface area contributed by atoms with Crippen LogP contribution in [0.1, 0.15) is 10.4 Å². The molecule has 0 bridgehead atoms. The van der Waals surface area contributed by atoms with Crippen LogP contribution in [-0.4, -0.2) is 54.5 Å². The van der Waals surface area contributed by atoms with Gasteiger partial charge in [0.05, 0.1) is 18.6 Å². The van der Waals surface area contributed by atoms with Crippen LogP contribution in [0, 0.1) is 5.41 Å². The normalized spacial score (nSPS) is 19.6. The third-order valence-corrected chi connectivity index (χ3v) is 3.50. The van der Waals surface area contributed by atoms with Crippen LogP contribution >= 0.6 is 0 Å². The van der Waals surface area contributed by atoms with Crippen molar-refractivity contribution in [3.8, 4) is 5.75 Å². The second-order valence-electron chi connectivity index (χ2n) is 5.12. The van der Waals surface area contributed by atoms with Gasteiger partial charge in [0.1, 0.15) is 5.75 Å². The third-order valence-electron chi connectivity index (χ3n) is 3.50. The van der Waals surface area contributed by atoms with Crippen LogP contribution in [-0.2, 0) is 4.74 Å². The van der Waals surface area contributed by atoms with Crippen LogP contribution in [0.15, 0.2) is 24.3 Å². The summed E-state index contributed by atoms with van der Waals surface area (Å²) in [7, 11) is -1.85. The fourth-order valence-corrected chi connectivity index (χ4v) is 2.46. The number of likely N-dealkylation sites (tertiary alicyclic amines) is 1. The Labute approximate surface area is 110 Å². The highest BCUT2D eigenvalue weighted by atomic mass is 16.6. The molecule has 2 N–H and O–H groups in total. The first-order chi connectivity index (χ1) is 9.08. The zero-order chi connectivity index (χ0) is 13.5. The van der Waals surface area contributed by atoms with Gasteiger partial charge < -0.3 is 24.3 Å². The zero-order valence-electron chi connectivity index (χ0n) is 10.3. The molecule has 0 aromatic heterocycles. The second kappa shape index (κ2) is 4.52. The van der Waals surface area contributed by atoms with E-state index in [1.165, 1.54) is 12.1 Å². The van der Waals surface area contributed by atoms with Gasteiger partial charge in [-0.3, -0.25) is 4.79 Å². The number of hydrogen-bond donors (Lipinski definition) is 2. The SMILES string of the molecule is O=C(c1ccc(OB(O)O)cc1)N1CC2(COC2)C1. The molecule has 2 aliphatic heterocycles. The Bertz CT molecular complexity index is 477. The molecule has 2 aliphatic rings. The van der Waals surface area contributed by atoms with E-state index >= 15 is 0 Å². The van der Waals surface area contributed by atoms with Crippen LogP contribution in [0.25, 0.3) is 0 Å². The topological polar surface area (TPSA) is 79.2 Å². The lowest BCUT2D eigenvalue weighted by Crippen LogP contribution is -2.67. The van der Waals surface area contributed by atoms with Crippen LogP contribution in [0.5, 0.6) is 5.75 Å². The summed E-state index contributed by atoms with van der Waals surface area (Å²) in [6, 6.07) is 6.30. The number of ether oxygens (including phenoxy) is 1. The van der Waals surface area contributed by atoms with Gasteiger partial charge in [-0.05, 0) is 24.3 Å². The molecule has 2 saturated heterocycles. The van der Waals surface area contributed by atoms with Crippen molar-refractivity contribution in [3.05, 3.63) is 29.8 Å². The maximum absolute atomic E-state index is 12.1. The molecule has 1 aromatic rings. The standard InChI is InChI=1S/C12H14BNO5/c15-11(14-5-12(6-14)7-18-8-12)9-1-3-10(4-2-9)19-13(16)17/h1-4,16-17H,5-8H2. The first-order valence-electron chi connectivity index (χ1n) is 6.08. The largest absolute Gasteiger partial charge is 0.707 e. The van der Waals surface area contributed by atoms with Crippen molar-refractivity contribution < 1.29 is 24.2 Å². The number of carbonyl (C=O) groups is 1. The third kappa shape index (κ3) is 2.32. The Balaban J connectivity index is 1.61. The van der Waals surface area contributed by atoms with Crippen molar-refractivity contribution in [1.82, 2.24) is 4.90 Å². The molecular weight excluding hydrogens is 249 g/mol. The monoisotopic (exact) mass is 263 g/mol. The molecule has 0 aliphatic carbocycles. The number of rotatable bonds is 3. The van der Waals surface area contributed by atoms with Gasteiger partial charge in [-0.15, -0.1) is 0 Å².